The van der Waals surface area contributed by atoms with Crippen LogP contribution in [0.2, 0.25) is 0 Å². The molecule has 146 valence electrons. The molecule has 0 amide bonds. The third-order valence-corrected chi connectivity index (χ3v) is 5.82. The highest BCUT2D eigenvalue weighted by Gasteiger charge is 2.35. The molecule has 2 aromatic carbocycles. The maximum Gasteiger partial charge on any atom is 0.181 e. The minimum Gasteiger partial charge on any atom is -0.497 e. The molecule has 3 aromatic rings. The molecule has 5 heteroatoms. The van der Waals surface area contributed by atoms with E-state index in [1.807, 2.05) is 55.6 Å². The maximum atomic E-state index is 13.3. The summed E-state index contributed by atoms with van der Waals surface area (Å²) in [6.07, 6.45) is 3.88. The van der Waals surface area contributed by atoms with E-state index in [0.717, 1.165) is 52.9 Å². The number of hydrogen-bond donors (Lipinski definition) is 1. The van der Waals surface area contributed by atoms with Crippen LogP contribution in [0.3, 0.4) is 0 Å². The zero-order valence-electron chi connectivity index (χ0n) is 16.6. The van der Waals surface area contributed by atoms with Crippen molar-refractivity contribution in [2.45, 2.75) is 31.8 Å². The molecule has 1 aliphatic rings. The summed E-state index contributed by atoms with van der Waals surface area (Å²) >= 11 is 0. The van der Waals surface area contributed by atoms with Gasteiger partial charge >= 0.3 is 0 Å². The van der Waals surface area contributed by atoms with Crippen LogP contribution in [0, 0.1) is 0 Å². The highest BCUT2D eigenvalue weighted by molar-refractivity contribution is 6.10. The van der Waals surface area contributed by atoms with Crippen molar-refractivity contribution < 1.29 is 14.3 Å². The van der Waals surface area contributed by atoms with E-state index in [1.54, 1.807) is 14.2 Å². The van der Waals surface area contributed by atoms with Crippen molar-refractivity contribution >= 4 is 16.7 Å². The van der Waals surface area contributed by atoms with Gasteiger partial charge in [-0.3, -0.25) is 9.69 Å². The Bertz CT molecular complexity index is 994. The highest BCUT2D eigenvalue weighted by Crippen LogP contribution is 2.40. The van der Waals surface area contributed by atoms with Crippen molar-refractivity contribution in [3.8, 4) is 11.5 Å². The first-order chi connectivity index (χ1) is 13.6. The average molecular weight is 378 g/mol. The first-order valence-corrected chi connectivity index (χ1v) is 9.72. The second-order valence-electron chi connectivity index (χ2n) is 7.29. The van der Waals surface area contributed by atoms with E-state index in [9.17, 15) is 4.79 Å². The molecular formula is C23H26N2O3. The minimum atomic E-state index is -0.220. The third-order valence-electron chi connectivity index (χ3n) is 5.82. The van der Waals surface area contributed by atoms with Crippen molar-refractivity contribution in [3.63, 3.8) is 0 Å². The zero-order valence-corrected chi connectivity index (χ0v) is 16.6. The molecule has 1 fully saturated rings. The predicted octanol–water partition coefficient (Wildman–Crippen LogP) is 4.59. The molecule has 1 aromatic heterocycles. The van der Waals surface area contributed by atoms with Gasteiger partial charge in [0, 0.05) is 34.3 Å². The van der Waals surface area contributed by atoms with Crippen molar-refractivity contribution in [2.24, 2.45) is 0 Å². The number of hydrogen-bond acceptors (Lipinski definition) is 4. The number of ketones is 1. The number of rotatable bonds is 6. The van der Waals surface area contributed by atoms with Crippen LogP contribution in [0.1, 0.15) is 41.7 Å². The van der Waals surface area contributed by atoms with Crippen LogP contribution in [0.15, 0.2) is 48.7 Å². The number of benzene rings is 2. The molecule has 4 rings (SSSR count). The Morgan fingerprint density at radius 3 is 2.79 bits per heavy atom. The van der Waals surface area contributed by atoms with E-state index in [2.05, 4.69) is 9.88 Å². The first-order valence-electron chi connectivity index (χ1n) is 9.72. The van der Waals surface area contributed by atoms with Crippen LogP contribution in [-0.2, 0) is 0 Å². The summed E-state index contributed by atoms with van der Waals surface area (Å²) in [5.41, 5.74) is 2.83. The van der Waals surface area contributed by atoms with Crippen molar-refractivity contribution in [3.05, 3.63) is 59.8 Å². The van der Waals surface area contributed by atoms with Gasteiger partial charge in [-0.25, -0.2) is 0 Å². The van der Waals surface area contributed by atoms with Crippen molar-refractivity contribution in [1.82, 2.24) is 9.88 Å². The Kier molecular flexibility index (Phi) is 5.09. The molecular weight excluding hydrogens is 352 g/mol. The van der Waals surface area contributed by atoms with Crippen LogP contribution in [0.4, 0.5) is 0 Å². The number of aromatic nitrogens is 1. The van der Waals surface area contributed by atoms with Gasteiger partial charge in [-0.2, -0.15) is 0 Å². The topological polar surface area (TPSA) is 54.6 Å². The maximum absolute atomic E-state index is 13.3. The number of Topliss-reactive ketones (excluding diaryl/α,β-unsaturated/α-hetero) is 1. The Morgan fingerprint density at radius 2 is 2.00 bits per heavy atom. The van der Waals surface area contributed by atoms with Crippen molar-refractivity contribution in [1.29, 1.82) is 0 Å². The number of fused-ring (bicyclic) bond motifs is 1. The number of carbonyl (C=O) groups is 1. The Balaban J connectivity index is 1.66. The summed E-state index contributed by atoms with van der Waals surface area (Å²) in [5, 5.41) is 0.981. The van der Waals surface area contributed by atoms with Gasteiger partial charge in [-0.15, -0.1) is 0 Å². The molecule has 2 atom stereocenters. The number of carbonyl (C=O) groups excluding carboxylic acids is 1. The van der Waals surface area contributed by atoms with Crippen molar-refractivity contribution in [2.75, 3.05) is 20.8 Å². The Labute approximate surface area is 165 Å². The highest BCUT2D eigenvalue weighted by atomic mass is 16.5. The fraction of sp³-hybridized carbons (Fsp3) is 0.348. The molecule has 1 N–H and O–H groups in total. The minimum absolute atomic E-state index is 0.134. The molecule has 0 unspecified atom stereocenters. The standard InChI is InChI=1S/C23H26N2O3/c1-15(23(26)19-14-24-20-8-5-4-7-17(19)20)25-12-6-9-21(25)18-13-16(27-2)10-11-22(18)28-3/h4-5,7-8,10-11,13-15,21,24H,6,9,12H2,1-3H3/t15-,21-/m1/s1. The van der Waals surface area contributed by atoms with Gasteiger partial charge in [0.25, 0.3) is 0 Å². The van der Waals surface area contributed by atoms with Crippen LogP contribution < -0.4 is 9.47 Å². The summed E-state index contributed by atoms with van der Waals surface area (Å²) < 4.78 is 11.0. The van der Waals surface area contributed by atoms with Crippen LogP contribution >= 0.6 is 0 Å². The summed E-state index contributed by atoms with van der Waals surface area (Å²) in [5.74, 6) is 1.79. The van der Waals surface area contributed by atoms with Crippen LogP contribution in [-0.4, -0.2) is 42.5 Å². The number of nitrogens with one attached hydrogen (secondary N) is 1. The molecule has 1 saturated heterocycles. The van der Waals surface area contributed by atoms with Crippen LogP contribution in [0.25, 0.3) is 10.9 Å². The Morgan fingerprint density at radius 1 is 1.18 bits per heavy atom. The van der Waals surface area contributed by atoms with E-state index in [1.165, 1.54) is 0 Å². The number of likely N-dealkylation sites (tertiary alicyclic amines) is 1. The second-order valence-corrected chi connectivity index (χ2v) is 7.29. The molecule has 0 spiro atoms. The summed E-state index contributed by atoms with van der Waals surface area (Å²) in [6.45, 7) is 2.90. The lowest BCUT2D eigenvalue weighted by Gasteiger charge is -2.31. The monoisotopic (exact) mass is 378 g/mol. The van der Waals surface area contributed by atoms with E-state index < -0.39 is 0 Å². The summed E-state index contributed by atoms with van der Waals surface area (Å²) in [6, 6.07) is 13.7. The lowest BCUT2D eigenvalue weighted by molar-refractivity contribution is 0.0820. The van der Waals surface area contributed by atoms with Gasteiger partial charge in [0.1, 0.15) is 11.5 Å². The number of H-pyrrole nitrogens is 1. The smallest absolute Gasteiger partial charge is 0.181 e. The lowest BCUT2D eigenvalue weighted by Crippen LogP contribution is -2.38. The molecule has 0 radical (unpaired) electrons. The first kappa shape index (κ1) is 18.6. The molecule has 0 aliphatic carbocycles. The van der Waals surface area contributed by atoms with E-state index >= 15 is 0 Å². The van der Waals surface area contributed by atoms with Gasteiger partial charge < -0.3 is 14.5 Å². The second kappa shape index (κ2) is 7.68. The van der Waals surface area contributed by atoms with E-state index in [4.69, 9.17) is 9.47 Å². The zero-order chi connectivity index (χ0) is 19.7. The van der Waals surface area contributed by atoms with E-state index in [-0.39, 0.29) is 17.9 Å². The SMILES string of the molecule is COc1ccc(OC)c([C@H]2CCCN2[C@H](C)C(=O)c2c[nH]c3ccccc23)c1. The van der Waals surface area contributed by atoms with Gasteiger partial charge in [0.05, 0.1) is 20.3 Å². The molecule has 0 saturated carbocycles. The summed E-state index contributed by atoms with van der Waals surface area (Å²) in [4.78, 5) is 18.9. The number of aromatic amines is 1. The largest absolute Gasteiger partial charge is 0.497 e. The van der Waals surface area contributed by atoms with Gasteiger partial charge in [-0.05, 0) is 50.6 Å². The molecule has 5 nitrogen and oxygen atoms in total. The van der Waals surface area contributed by atoms with Gasteiger partial charge in [0.2, 0.25) is 0 Å². The Hall–Kier alpha value is -2.79. The van der Waals surface area contributed by atoms with Gasteiger partial charge in [0.15, 0.2) is 5.78 Å². The fourth-order valence-electron chi connectivity index (χ4n) is 4.34. The van der Waals surface area contributed by atoms with Crippen LogP contribution in [0.5, 0.6) is 11.5 Å². The fourth-order valence-corrected chi connectivity index (χ4v) is 4.34. The number of para-hydroxylation sites is 1. The lowest BCUT2D eigenvalue weighted by atomic mass is 9.99. The molecule has 28 heavy (non-hydrogen) atoms. The number of ether oxygens (including phenoxy) is 2. The predicted molar refractivity (Wildman–Crippen MR) is 110 cm³/mol. The summed E-state index contributed by atoms with van der Waals surface area (Å²) in [7, 11) is 3.35. The van der Waals surface area contributed by atoms with E-state index in [0.29, 0.717) is 0 Å². The number of nitrogens with zero attached hydrogens (tertiary/aromatic N) is 1. The van der Waals surface area contributed by atoms with Gasteiger partial charge in [-0.1, -0.05) is 18.2 Å². The molecule has 0 bridgehead atoms. The molecule has 2 heterocycles. The normalized spacial score (nSPS) is 18.3. The number of methoxy groups -OCH3 is 2. The molecule has 1 aliphatic heterocycles. The average Bonchev–Trinajstić information content (AvgIpc) is 3.39. The third kappa shape index (κ3) is 3.16. The quantitative estimate of drug-likeness (QED) is 0.637.